The van der Waals surface area contributed by atoms with Crippen LogP contribution in [0.15, 0.2) is 24.9 Å². The molecule has 3 aromatic heterocycles. The highest BCUT2D eigenvalue weighted by Gasteiger charge is 2.02. The van der Waals surface area contributed by atoms with Crippen LogP contribution in [0, 0.1) is 0 Å². The van der Waals surface area contributed by atoms with Crippen molar-refractivity contribution in [2.45, 2.75) is 0 Å². The van der Waals surface area contributed by atoms with E-state index < -0.39 is 0 Å². The average Bonchev–Trinajstić information content (AvgIpc) is 2.71. The molecule has 0 unspecified atom stereocenters. The third-order valence-electron chi connectivity index (χ3n) is 1.84. The van der Waals surface area contributed by atoms with Crippen LogP contribution in [0.5, 0.6) is 0 Å². The van der Waals surface area contributed by atoms with Crippen molar-refractivity contribution in [3.63, 3.8) is 0 Å². The van der Waals surface area contributed by atoms with Crippen LogP contribution in [0.2, 0.25) is 0 Å². The summed E-state index contributed by atoms with van der Waals surface area (Å²) in [5, 5.41) is 7.62. The molecule has 0 aliphatic rings. The van der Waals surface area contributed by atoms with E-state index >= 15 is 0 Å². The van der Waals surface area contributed by atoms with Crippen LogP contribution < -0.4 is 0 Å². The lowest BCUT2D eigenvalue weighted by atomic mass is 10.4. The summed E-state index contributed by atoms with van der Waals surface area (Å²) in [7, 11) is 0. The number of aromatic nitrogens is 5. The predicted molar refractivity (Wildman–Crippen MR) is 42.6 cm³/mol. The summed E-state index contributed by atoms with van der Waals surface area (Å²) < 4.78 is 1.86. The van der Waals surface area contributed by atoms with E-state index in [0.717, 1.165) is 16.7 Å². The summed E-state index contributed by atoms with van der Waals surface area (Å²) in [6.45, 7) is 0. The Morgan fingerprint density at radius 2 is 2.33 bits per heavy atom. The van der Waals surface area contributed by atoms with Gasteiger partial charge in [-0.3, -0.25) is 9.50 Å². The normalized spacial score (nSPS) is 11.3. The third-order valence-corrected chi connectivity index (χ3v) is 1.84. The van der Waals surface area contributed by atoms with E-state index in [2.05, 4.69) is 20.2 Å². The highest BCUT2D eigenvalue weighted by molar-refractivity contribution is 5.87. The molecule has 1 N–H and O–H groups in total. The van der Waals surface area contributed by atoms with Crippen molar-refractivity contribution in [2.75, 3.05) is 0 Å². The number of nitrogens with one attached hydrogen (secondary N) is 1. The molecule has 0 bridgehead atoms. The molecule has 0 aromatic carbocycles. The second kappa shape index (κ2) is 1.82. The smallest absolute Gasteiger partial charge is 0.160 e. The third kappa shape index (κ3) is 0.554. The van der Waals surface area contributed by atoms with Gasteiger partial charge in [-0.05, 0) is 0 Å². The van der Waals surface area contributed by atoms with Crippen molar-refractivity contribution < 1.29 is 0 Å². The van der Waals surface area contributed by atoms with Crippen LogP contribution >= 0.6 is 0 Å². The number of fused-ring (bicyclic) bond motifs is 3. The molecule has 12 heavy (non-hydrogen) atoms. The first kappa shape index (κ1) is 5.70. The maximum Gasteiger partial charge on any atom is 0.160 e. The minimum atomic E-state index is 0.772. The molecule has 3 aromatic rings. The van der Waals surface area contributed by atoms with E-state index in [-0.39, 0.29) is 0 Å². The minimum Gasteiger partial charge on any atom is -0.290 e. The quantitative estimate of drug-likeness (QED) is 0.522. The Balaban J connectivity index is 2.71. The maximum atomic E-state index is 4.18. The first-order valence-corrected chi connectivity index (χ1v) is 3.56. The Kier molecular flexibility index (Phi) is 0.864. The van der Waals surface area contributed by atoms with Crippen molar-refractivity contribution in [2.24, 2.45) is 0 Å². The minimum absolute atomic E-state index is 0.772. The van der Waals surface area contributed by atoms with Gasteiger partial charge in [0.25, 0.3) is 0 Å². The van der Waals surface area contributed by atoms with Crippen molar-refractivity contribution in [3.05, 3.63) is 24.9 Å². The van der Waals surface area contributed by atoms with Gasteiger partial charge in [0.15, 0.2) is 11.3 Å². The van der Waals surface area contributed by atoms with Crippen LogP contribution in [0.3, 0.4) is 0 Å². The molecule has 5 nitrogen and oxygen atoms in total. The zero-order valence-electron chi connectivity index (χ0n) is 6.10. The van der Waals surface area contributed by atoms with E-state index in [1.807, 2.05) is 10.6 Å². The molecular weight excluding hydrogens is 154 g/mol. The number of hydrogen-bond donors (Lipinski definition) is 1. The molecule has 0 amide bonds. The lowest BCUT2D eigenvalue weighted by Crippen LogP contribution is -1.86. The van der Waals surface area contributed by atoms with Gasteiger partial charge in [0.05, 0.1) is 11.6 Å². The van der Waals surface area contributed by atoms with Gasteiger partial charge in [0.1, 0.15) is 6.33 Å². The van der Waals surface area contributed by atoms with Gasteiger partial charge in [-0.2, -0.15) is 5.10 Å². The van der Waals surface area contributed by atoms with Crippen LogP contribution in [-0.2, 0) is 0 Å². The number of imidazole rings is 1. The zero-order valence-corrected chi connectivity index (χ0v) is 6.10. The molecule has 0 saturated heterocycles. The highest BCUT2D eigenvalue weighted by atomic mass is 15.2. The Labute approximate surface area is 67.1 Å². The zero-order chi connectivity index (χ0) is 7.97. The molecule has 3 heterocycles. The largest absolute Gasteiger partial charge is 0.290 e. The van der Waals surface area contributed by atoms with Crippen molar-refractivity contribution in [3.8, 4) is 0 Å². The first-order chi connectivity index (χ1) is 5.95. The lowest BCUT2D eigenvalue weighted by Gasteiger charge is -1.91. The molecular formula is C7H5N5. The average molecular weight is 159 g/mol. The SMILES string of the molecule is c1cn2cnc3[nH]ncc3c2n1. The fourth-order valence-corrected chi connectivity index (χ4v) is 1.28. The molecule has 3 rings (SSSR count). The fourth-order valence-electron chi connectivity index (χ4n) is 1.28. The van der Waals surface area contributed by atoms with E-state index in [9.17, 15) is 0 Å². The topological polar surface area (TPSA) is 58.9 Å². The summed E-state index contributed by atoms with van der Waals surface area (Å²) in [5.74, 6) is 0. The highest BCUT2D eigenvalue weighted by Crippen LogP contribution is 2.12. The summed E-state index contributed by atoms with van der Waals surface area (Å²) in [4.78, 5) is 8.33. The number of nitrogens with zero attached hydrogens (tertiary/aromatic N) is 4. The molecule has 0 atom stereocenters. The molecule has 5 heteroatoms. The second-order valence-corrected chi connectivity index (χ2v) is 2.53. The van der Waals surface area contributed by atoms with Crippen molar-refractivity contribution in [1.29, 1.82) is 0 Å². The van der Waals surface area contributed by atoms with Crippen molar-refractivity contribution >= 4 is 16.7 Å². The predicted octanol–water partition coefficient (Wildman–Crippen LogP) is 0.606. The van der Waals surface area contributed by atoms with E-state index in [0.29, 0.717) is 0 Å². The molecule has 0 spiro atoms. The Morgan fingerprint density at radius 3 is 3.33 bits per heavy atom. The number of aromatic amines is 1. The van der Waals surface area contributed by atoms with Crippen LogP contribution in [0.4, 0.5) is 0 Å². The Hall–Kier alpha value is -1.91. The van der Waals surface area contributed by atoms with E-state index in [1.54, 1.807) is 18.7 Å². The number of rotatable bonds is 0. The summed E-state index contributed by atoms with van der Waals surface area (Å²) >= 11 is 0. The van der Waals surface area contributed by atoms with Gasteiger partial charge in [0.2, 0.25) is 0 Å². The van der Waals surface area contributed by atoms with Gasteiger partial charge in [-0.15, -0.1) is 0 Å². The Bertz CT molecular complexity index is 485. The molecule has 0 aliphatic heterocycles. The molecule has 58 valence electrons. The van der Waals surface area contributed by atoms with Gasteiger partial charge in [-0.1, -0.05) is 0 Å². The Morgan fingerprint density at radius 1 is 1.33 bits per heavy atom. The van der Waals surface area contributed by atoms with Gasteiger partial charge in [0, 0.05) is 12.4 Å². The maximum absolute atomic E-state index is 4.18. The van der Waals surface area contributed by atoms with Gasteiger partial charge in [-0.25, -0.2) is 9.97 Å². The monoisotopic (exact) mass is 159 g/mol. The second-order valence-electron chi connectivity index (χ2n) is 2.53. The molecule has 0 aliphatic carbocycles. The van der Waals surface area contributed by atoms with Crippen LogP contribution in [0.25, 0.3) is 16.7 Å². The summed E-state index contributed by atoms with van der Waals surface area (Å²) in [6, 6.07) is 0. The lowest BCUT2D eigenvalue weighted by molar-refractivity contribution is 1.07. The van der Waals surface area contributed by atoms with Gasteiger partial charge < -0.3 is 0 Å². The van der Waals surface area contributed by atoms with E-state index in [1.165, 1.54) is 0 Å². The fraction of sp³-hybridized carbons (Fsp3) is 0. The van der Waals surface area contributed by atoms with Crippen molar-refractivity contribution in [1.82, 2.24) is 24.6 Å². The summed E-state index contributed by atoms with van der Waals surface area (Å²) in [5.41, 5.74) is 1.66. The standard InChI is InChI=1S/C7H5N5/c1-2-12-4-9-6-5(3-10-11-6)7(12)8-1/h1-4H,(H,10,11). The molecule has 0 saturated carbocycles. The number of hydrogen-bond acceptors (Lipinski definition) is 3. The van der Waals surface area contributed by atoms with Crippen LogP contribution in [0.1, 0.15) is 0 Å². The summed E-state index contributed by atoms with van der Waals surface area (Å²) in [6.07, 6.45) is 7.03. The van der Waals surface area contributed by atoms with E-state index in [4.69, 9.17) is 0 Å². The van der Waals surface area contributed by atoms with Gasteiger partial charge >= 0.3 is 0 Å². The molecule has 0 fully saturated rings. The molecule has 0 radical (unpaired) electrons. The van der Waals surface area contributed by atoms with Crippen LogP contribution in [-0.4, -0.2) is 24.6 Å². The number of H-pyrrole nitrogens is 1. The first-order valence-electron chi connectivity index (χ1n) is 3.56.